The standard InChI is InChI=1S/C19H22N4O4/c1-9(2)23-18(25)14(17(24)22-19(23)26)16-15-11(6-7-20-16)12-8-10(27-3)4-5-13(12)21-15/h4-5,8-9,16,20-21,25H,6-7H2,1-3H3,(H,22,24,26)/t16-/m1/s1. The Balaban J connectivity index is 1.95. The summed E-state index contributed by atoms with van der Waals surface area (Å²) in [6.45, 7) is 4.19. The Morgan fingerprint density at radius 1 is 1.26 bits per heavy atom. The van der Waals surface area contributed by atoms with Crippen LogP contribution < -0.4 is 21.3 Å². The van der Waals surface area contributed by atoms with Crippen LogP contribution in [0.5, 0.6) is 11.6 Å². The molecule has 1 aliphatic rings. The summed E-state index contributed by atoms with van der Waals surface area (Å²) in [6, 6.07) is 4.94. The predicted octanol–water partition coefficient (Wildman–Crippen LogP) is 1.55. The van der Waals surface area contributed by atoms with Crippen LogP contribution in [0.2, 0.25) is 0 Å². The third-order valence-corrected chi connectivity index (χ3v) is 5.12. The van der Waals surface area contributed by atoms with Crippen LogP contribution in [0.3, 0.4) is 0 Å². The summed E-state index contributed by atoms with van der Waals surface area (Å²) in [4.78, 5) is 30.3. The van der Waals surface area contributed by atoms with E-state index in [1.54, 1.807) is 21.0 Å². The van der Waals surface area contributed by atoms with Gasteiger partial charge in [0.15, 0.2) is 0 Å². The lowest BCUT2D eigenvalue weighted by Crippen LogP contribution is -2.39. The molecule has 0 bridgehead atoms. The van der Waals surface area contributed by atoms with E-state index in [0.29, 0.717) is 6.54 Å². The van der Waals surface area contributed by atoms with Gasteiger partial charge in [-0.3, -0.25) is 14.3 Å². The largest absolute Gasteiger partial charge is 0.497 e. The molecule has 4 rings (SSSR count). The first-order valence-corrected chi connectivity index (χ1v) is 8.92. The second kappa shape index (κ2) is 6.31. The van der Waals surface area contributed by atoms with Gasteiger partial charge in [0.2, 0.25) is 5.88 Å². The molecular formula is C19H22N4O4. The van der Waals surface area contributed by atoms with Gasteiger partial charge in [0.05, 0.1) is 13.2 Å². The summed E-state index contributed by atoms with van der Waals surface area (Å²) >= 11 is 0. The van der Waals surface area contributed by atoms with Gasteiger partial charge in [-0.2, -0.15) is 0 Å². The Bertz CT molecular complexity index is 1140. The Kier molecular flexibility index (Phi) is 4.07. The highest BCUT2D eigenvalue weighted by Gasteiger charge is 2.31. The molecule has 1 atom stereocenters. The van der Waals surface area contributed by atoms with Crippen LogP contribution in [0.4, 0.5) is 0 Å². The lowest BCUT2D eigenvalue weighted by molar-refractivity contribution is 0.366. The smallest absolute Gasteiger partial charge is 0.331 e. The van der Waals surface area contributed by atoms with Gasteiger partial charge in [0.1, 0.15) is 11.3 Å². The van der Waals surface area contributed by atoms with Crippen LogP contribution in [-0.2, 0) is 6.42 Å². The molecule has 0 amide bonds. The first-order chi connectivity index (χ1) is 12.9. The van der Waals surface area contributed by atoms with Crippen molar-refractivity contribution in [1.82, 2.24) is 19.9 Å². The number of hydrogen-bond acceptors (Lipinski definition) is 5. The van der Waals surface area contributed by atoms with Crippen molar-refractivity contribution < 1.29 is 9.84 Å². The van der Waals surface area contributed by atoms with Gasteiger partial charge < -0.3 is 20.1 Å². The SMILES string of the molecule is COc1ccc2[nH]c3c(c2c1)CCN[C@@H]3c1c(O)n(C(C)C)c(=O)[nH]c1=O. The molecular weight excluding hydrogens is 348 g/mol. The average molecular weight is 370 g/mol. The number of hydrogen-bond donors (Lipinski definition) is 4. The molecule has 8 nitrogen and oxygen atoms in total. The predicted molar refractivity (Wildman–Crippen MR) is 102 cm³/mol. The zero-order valence-electron chi connectivity index (χ0n) is 15.4. The minimum atomic E-state index is -0.617. The molecule has 8 heteroatoms. The molecule has 0 saturated heterocycles. The number of nitrogens with zero attached hydrogens (tertiary/aromatic N) is 1. The Morgan fingerprint density at radius 3 is 2.74 bits per heavy atom. The Morgan fingerprint density at radius 2 is 2.04 bits per heavy atom. The van der Waals surface area contributed by atoms with Gasteiger partial charge in [-0.15, -0.1) is 0 Å². The molecule has 0 saturated carbocycles. The first kappa shape index (κ1) is 17.4. The number of methoxy groups -OCH3 is 1. The number of rotatable bonds is 3. The molecule has 1 aliphatic heterocycles. The second-order valence-corrected chi connectivity index (χ2v) is 7.03. The average Bonchev–Trinajstić information content (AvgIpc) is 2.99. The highest BCUT2D eigenvalue weighted by Crippen LogP contribution is 2.36. The number of ether oxygens (including phenoxy) is 1. The number of aromatic nitrogens is 3. The van der Waals surface area contributed by atoms with E-state index in [4.69, 9.17) is 4.74 Å². The highest BCUT2D eigenvalue weighted by atomic mass is 16.5. The maximum absolute atomic E-state index is 12.6. The normalized spacial score (nSPS) is 16.7. The fraction of sp³-hybridized carbons (Fsp3) is 0.368. The van der Waals surface area contributed by atoms with Crippen LogP contribution in [0, 0.1) is 0 Å². The summed E-state index contributed by atoms with van der Waals surface area (Å²) < 4.78 is 6.52. The lowest BCUT2D eigenvalue weighted by Gasteiger charge is -2.26. The van der Waals surface area contributed by atoms with Gasteiger partial charge in [0.25, 0.3) is 5.56 Å². The van der Waals surface area contributed by atoms with Crippen LogP contribution in [0.15, 0.2) is 27.8 Å². The number of H-pyrrole nitrogens is 2. The van der Waals surface area contributed by atoms with Gasteiger partial charge in [-0.1, -0.05) is 0 Å². The summed E-state index contributed by atoms with van der Waals surface area (Å²) in [6.07, 6.45) is 0.779. The van der Waals surface area contributed by atoms with Crippen LogP contribution in [0.25, 0.3) is 10.9 Å². The maximum atomic E-state index is 12.6. The fourth-order valence-electron chi connectivity index (χ4n) is 3.87. The highest BCUT2D eigenvalue weighted by molar-refractivity contribution is 5.86. The van der Waals surface area contributed by atoms with Crippen molar-refractivity contribution in [3.05, 3.63) is 55.9 Å². The van der Waals surface area contributed by atoms with Gasteiger partial charge in [-0.25, -0.2) is 4.79 Å². The Hall–Kier alpha value is -3.00. The van der Waals surface area contributed by atoms with E-state index >= 15 is 0 Å². The van der Waals surface area contributed by atoms with Crippen LogP contribution in [0.1, 0.15) is 42.8 Å². The third kappa shape index (κ3) is 2.64. The summed E-state index contributed by atoms with van der Waals surface area (Å²) in [7, 11) is 1.62. The zero-order chi connectivity index (χ0) is 19.3. The van der Waals surface area contributed by atoms with E-state index in [-0.39, 0.29) is 17.5 Å². The number of fused-ring (bicyclic) bond motifs is 3. The van der Waals surface area contributed by atoms with Gasteiger partial charge >= 0.3 is 5.69 Å². The maximum Gasteiger partial charge on any atom is 0.331 e. The molecule has 0 spiro atoms. The molecule has 0 unspecified atom stereocenters. The van der Waals surface area contributed by atoms with Crippen molar-refractivity contribution >= 4 is 10.9 Å². The van der Waals surface area contributed by atoms with E-state index in [1.807, 2.05) is 18.2 Å². The van der Waals surface area contributed by atoms with E-state index in [9.17, 15) is 14.7 Å². The number of aromatic hydroxyl groups is 1. The van der Waals surface area contributed by atoms with Crippen molar-refractivity contribution in [3.8, 4) is 11.6 Å². The van der Waals surface area contributed by atoms with Crippen molar-refractivity contribution in [3.63, 3.8) is 0 Å². The molecule has 27 heavy (non-hydrogen) atoms. The van der Waals surface area contributed by atoms with Crippen molar-refractivity contribution in [2.75, 3.05) is 13.7 Å². The van der Waals surface area contributed by atoms with E-state index in [2.05, 4.69) is 15.3 Å². The minimum Gasteiger partial charge on any atom is -0.497 e. The van der Waals surface area contributed by atoms with E-state index in [0.717, 1.165) is 34.3 Å². The van der Waals surface area contributed by atoms with E-state index in [1.165, 1.54) is 4.57 Å². The number of aromatic amines is 2. The fourth-order valence-corrected chi connectivity index (χ4v) is 3.87. The molecule has 2 aromatic heterocycles. The molecule has 4 N–H and O–H groups in total. The van der Waals surface area contributed by atoms with Crippen molar-refractivity contribution in [2.45, 2.75) is 32.4 Å². The third-order valence-electron chi connectivity index (χ3n) is 5.12. The molecule has 0 fully saturated rings. The van der Waals surface area contributed by atoms with Crippen LogP contribution >= 0.6 is 0 Å². The summed E-state index contributed by atoms with van der Waals surface area (Å²) in [5.74, 6) is 0.453. The number of benzene rings is 1. The molecule has 3 aromatic rings. The quantitative estimate of drug-likeness (QED) is 0.559. The van der Waals surface area contributed by atoms with Gasteiger partial charge in [-0.05, 0) is 44.0 Å². The summed E-state index contributed by atoms with van der Waals surface area (Å²) in [5.41, 5.74) is 1.77. The van der Waals surface area contributed by atoms with Crippen molar-refractivity contribution in [1.29, 1.82) is 0 Å². The molecule has 142 valence electrons. The number of nitrogens with one attached hydrogen (secondary N) is 3. The minimum absolute atomic E-state index is 0.141. The zero-order valence-corrected chi connectivity index (χ0v) is 15.4. The Labute approximate surface area is 154 Å². The van der Waals surface area contributed by atoms with Gasteiger partial charge in [0, 0.05) is 29.2 Å². The summed E-state index contributed by atoms with van der Waals surface area (Å²) in [5, 5.41) is 15.0. The molecule has 0 radical (unpaired) electrons. The van der Waals surface area contributed by atoms with E-state index < -0.39 is 17.3 Å². The lowest BCUT2D eigenvalue weighted by atomic mass is 9.95. The van der Waals surface area contributed by atoms with Crippen LogP contribution in [-0.4, -0.2) is 33.3 Å². The molecule has 0 aliphatic carbocycles. The van der Waals surface area contributed by atoms with Crippen molar-refractivity contribution in [2.24, 2.45) is 0 Å². The topological polar surface area (TPSA) is 112 Å². The molecule has 3 heterocycles. The monoisotopic (exact) mass is 370 g/mol. The first-order valence-electron chi connectivity index (χ1n) is 8.92. The second-order valence-electron chi connectivity index (χ2n) is 7.03. The molecule has 1 aromatic carbocycles.